The zero-order valence-corrected chi connectivity index (χ0v) is 31.5. The number of azo groups is 2. The van der Waals surface area contributed by atoms with Gasteiger partial charge < -0.3 is 21.7 Å². The number of fused-ring (bicyclic) bond motifs is 4. The van der Waals surface area contributed by atoms with Gasteiger partial charge in [-0.3, -0.25) is 18.3 Å². The van der Waals surface area contributed by atoms with Crippen molar-refractivity contribution in [2.45, 2.75) is 10.6 Å². The maximum atomic E-state index is 12.1. The molecular weight excluding hydrogens is 765 g/mol. The summed E-state index contributed by atoms with van der Waals surface area (Å²) in [6.45, 7) is 0. The fourth-order valence-electron chi connectivity index (χ4n) is 5.98. The van der Waals surface area contributed by atoms with Crippen molar-refractivity contribution in [2.24, 2.45) is 20.5 Å². The fourth-order valence-corrected chi connectivity index (χ4v) is 7.42. The molecule has 16 nitrogen and oxygen atoms in total. The van der Waals surface area contributed by atoms with Crippen LogP contribution >= 0.6 is 0 Å². The first-order valence-corrected chi connectivity index (χ1v) is 19.3. The topological polar surface area (TPSA) is 274 Å². The highest BCUT2D eigenvalue weighted by Crippen LogP contribution is 2.44. The van der Waals surface area contributed by atoms with Gasteiger partial charge in [-0.2, -0.15) is 37.3 Å². The fraction of sp³-hybridized carbons (Fsp3) is 0.105. The number of ketones is 2. The van der Waals surface area contributed by atoms with E-state index in [9.17, 15) is 36.6 Å². The standard InChI is InChI=1S/C14H8O2.2C12H13N3O4S/c15-13-9-5-1-2-6-10(9)14(16)12-8-4-3-7-11(12)13;1-14-15-11-9(20(17,18)19-2)6-7-4-3-5-8(13)10(7)12(11)16;1-14-15-11-8(6-20(17,18)19)5-7-3-2-4-9(13)10(7)12(11)16/h1-8H;3-6,16H,13H2,1-2H3;2-5,16H,6,13H2,1H3,(H,17,18,19). The molecule has 56 heavy (non-hydrogen) atoms. The van der Waals surface area contributed by atoms with Crippen molar-refractivity contribution in [3.05, 3.63) is 125 Å². The van der Waals surface area contributed by atoms with E-state index in [4.69, 9.17) is 16.0 Å². The summed E-state index contributed by atoms with van der Waals surface area (Å²) >= 11 is 0. The summed E-state index contributed by atoms with van der Waals surface area (Å²) in [5.41, 5.74) is 14.2. The van der Waals surface area contributed by atoms with Crippen molar-refractivity contribution in [3.8, 4) is 11.5 Å². The van der Waals surface area contributed by atoms with Crippen LogP contribution in [0.25, 0.3) is 21.5 Å². The average Bonchev–Trinajstić information content (AvgIpc) is 3.16. The number of phenols is 2. The lowest BCUT2D eigenvalue weighted by Gasteiger charge is -2.16. The van der Waals surface area contributed by atoms with Gasteiger partial charge in [0, 0.05) is 64.1 Å². The highest BCUT2D eigenvalue weighted by molar-refractivity contribution is 7.87. The van der Waals surface area contributed by atoms with E-state index < -0.39 is 26.0 Å². The van der Waals surface area contributed by atoms with Crippen LogP contribution in [-0.4, -0.2) is 64.4 Å². The first-order valence-electron chi connectivity index (χ1n) is 16.2. The van der Waals surface area contributed by atoms with Crippen LogP contribution in [0.3, 0.4) is 0 Å². The number of carbonyl (C=O) groups excluding carboxylic acids is 2. The number of rotatable bonds is 6. The summed E-state index contributed by atoms with van der Waals surface area (Å²) < 4.78 is 59.4. The summed E-state index contributed by atoms with van der Waals surface area (Å²) in [5.74, 6) is -1.40. The molecule has 0 saturated heterocycles. The Hall–Kier alpha value is -6.60. The Labute approximate surface area is 320 Å². The van der Waals surface area contributed by atoms with Crippen LogP contribution < -0.4 is 11.5 Å². The number of hydrogen-bond donors (Lipinski definition) is 5. The van der Waals surface area contributed by atoms with E-state index in [1.54, 1.807) is 84.9 Å². The minimum absolute atomic E-state index is 0.0180. The monoisotopic (exact) mass is 798 g/mol. The highest BCUT2D eigenvalue weighted by atomic mass is 32.2. The molecule has 7 N–H and O–H groups in total. The van der Waals surface area contributed by atoms with Gasteiger partial charge in [-0.15, -0.1) is 0 Å². The molecule has 0 saturated carbocycles. The Morgan fingerprint density at radius 1 is 0.625 bits per heavy atom. The van der Waals surface area contributed by atoms with Crippen molar-refractivity contribution >= 4 is 76.1 Å². The second kappa shape index (κ2) is 16.4. The maximum Gasteiger partial charge on any atom is 0.299 e. The highest BCUT2D eigenvalue weighted by Gasteiger charge is 2.28. The molecule has 0 bridgehead atoms. The van der Waals surface area contributed by atoms with Crippen LogP contribution in [0.4, 0.5) is 22.7 Å². The van der Waals surface area contributed by atoms with Crippen molar-refractivity contribution in [2.75, 3.05) is 32.7 Å². The van der Waals surface area contributed by atoms with Gasteiger partial charge in [-0.1, -0.05) is 72.8 Å². The van der Waals surface area contributed by atoms with Crippen LogP contribution in [0.15, 0.2) is 122 Å². The average molecular weight is 799 g/mol. The largest absolute Gasteiger partial charge is 0.505 e. The van der Waals surface area contributed by atoms with Gasteiger partial charge in [0.15, 0.2) is 23.1 Å². The summed E-state index contributed by atoms with van der Waals surface area (Å²) in [6.07, 6.45) is 0. The van der Waals surface area contributed by atoms with Crippen molar-refractivity contribution in [1.82, 2.24) is 0 Å². The lowest BCUT2D eigenvalue weighted by atomic mass is 9.84. The molecule has 1 aliphatic carbocycles. The van der Waals surface area contributed by atoms with E-state index in [1.807, 2.05) is 0 Å². The van der Waals surface area contributed by atoms with Crippen LogP contribution in [0.2, 0.25) is 0 Å². The van der Waals surface area contributed by atoms with Crippen LogP contribution in [0, 0.1) is 0 Å². The molecule has 0 fully saturated rings. The molecule has 0 spiro atoms. The van der Waals surface area contributed by atoms with Gasteiger partial charge in [0.1, 0.15) is 22.0 Å². The Morgan fingerprint density at radius 3 is 1.45 bits per heavy atom. The third kappa shape index (κ3) is 8.22. The number of phenolic OH excluding ortho intramolecular Hbond substituents is 2. The van der Waals surface area contributed by atoms with Gasteiger partial charge in [0.05, 0.1) is 7.11 Å². The minimum Gasteiger partial charge on any atom is -0.505 e. The lowest BCUT2D eigenvalue weighted by molar-refractivity contribution is 0.0979. The molecular formula is C38H34N6O10S2. The molecule has 0 aliphatic heterocycles. The number of aromatic hydroxyl groups is 2. The molecule has 0 atom stereocenters. The predicted octanol–water partition coefficient (Wildman–Crippen LogP) is 6.87. The molecule has 18 heteroatoms. The van der Waals surface area contributed by atoms with E-state index in [-0.39, 0.29) is 44.9 Å². The van der Waals surface area contributed by atoms with E-state index >= 15 is 0 Å². The number of anilines is 2. The molecule has 1 aliphatic rings. The number of nitrogens with zero attached hydrogens (tertiary/aromatic N) is 4. The molecule has 0 unspecified atom stereocenters. The molecule has 0 heterocycles. The third-order valence-corrected chi connectivity index (χ3v) is 10.4. The van der Waals surface area contributed by atoms with E-state index in [1.165, 1.54) is 26.2 Å². The first kappa shape index (κ1) is 40.6. The molecule has 0 radical (unpaired) electrons. The van der Waals surface area contributed by atoms with E-state index in [0.29, 0.717) is 55.2 Å². The van der Waals surface area contributed by atoms with Crippen LogP contribution in [0.5, 0.6) is 11.5 Å². The van der Waals surface area contributed by atoms with Crippen LogP contribution in [-0.2, 0) is 30.2 Å². The zero-order chi connectivity index (χ0) is 40.9. The summed E-state index contributed by atoms with van der Waals surface area (Å²) in [5, 5.41) is 36.6. The lowest BCUT2D eigenvalue weighted by Crippen LogP contribution is -2.20. The number of hydrogen-bond acceptors (Lipinski definition) is 15. The van der Waals surface area contributed by atoms with Gasteiger partial charge in [-0.25, -0.2) is 0 Å². The molecule has 7 rings (SSSR count). The SMILES string of the molecule is CN=Nc1c(CS(=O)(=O)O)cc2cccc(N)c2c1O.CN=Nc1c(S(=O)(=O)OC)cc2cccc(N)c2c1O.O=C1c2ccccc2C(=O)c2ccccc21. The quantitative estimate of drug-likeness (QED) is 0.0499. The Balaban J connectivity index is 0.000000162. The second-order valence-electron chi connectivity index (χ2n) is 11.9. The summed E-state index contributed by atoms with van der Waals surface area (Å²) in [7, 11) is -4.51. The number of carbonyl (C=O) groups is 2. The number of nitrogen functional groups attached to an aromatic ring is 2. The first-order chi connectivity index (χ1) is 26.5. The van der Waals surface area contributed by atoms with Crippen molar-refractivity contribution in [3.63, 3.8) is 0 Å². The minimum atomic E-state index is -4.26. The van der Waals surface area contributed by atoms with E-state index in [2.05, 4.69) is 24.6 Å². The predicted molar refractivity (Wildman–Crippen MR) is 210 cm³/mol. The van der Waals surface area contributed by atoms with Gasteiger partial charge in [0.2, 0.25) is 0 Å². The molecule has 288 valence electrons. The molecule has 6 aromatic rings. The third-order valence-electron chi connectivity index (χ3n) is 8.39. The van der Waals surface area contributed by atoms with Gasteiger partial charge in [0.25, 0.3) is 20.2 Å². The normalized spacial score (nSPS) is 12.6. The number of benzene rings is 6. The second-order valence-corrected chi connectivity index (χ2v) is 15.0. The molecule has 0 aromatic heterocycles. The smallest absolute Gasteiger partial charge is 0.299 e. The number of nitrogens with two attached hydrogens (primary N) is 2. The Morgan fingerprint density at radius 2 is 1.04 bits per heavy atom. The maximum absolute atomic E-state index is 12.1. The van der Waals surface area contributed by atoms with Crippen molar-refractivity contribution < 1.29 is 45.4 Å². The van der Waals surface area contributed by atoms with Crippen molar-refractivity contribution in [1.29, 1.82) is 0 Å². The molecule has 6 aromatic carbocycles. The van der Waals surface area contributed by atoms with Gasteiger partial charge >= 0.3 is 0 Å². The Kier molecular flexibility index (Phi) is 11.9. The summed E-state index contributed by atoms with van der Waals surface area (Å²) in [4.78, 5) is 23.9. The van der Waals surface area contributed by atoms with E-state index in [0.717, 1.165) is 7.11 Å². The Bertz CT molecular complexity index is 2720. The summed E-state index contributed by atoms with van der Waals surface area (Å²) in [6, 6.07) is 26.6. The van der Waals surface area contributed by atoms with Crippen LogP contribution in [0.1, 0.15) is 37.4 Å². The zero-order valence-electron chi connectivity index (χ0n) is 29.9. The van der Waals surface area contributed by atoms with Gasteiger partial charge in [-0.05, 0) is 35.0 Å². The molecule has 0 amide bonds.